The third kappa shape index (κ3) is 4.82. The summed E-state index contributed by atoms with van der Waals surface area (Å²) in [5.74, 6) is -0.814. The zero-order valence-corrected chi connectivity index (χ0v) is 14.8. The molecule has 3 aromatic rings. The predicted octanol–water partition coefficient (Wildman–Crippen LogP) is 4.55. The van der Waals surface area contributed by atoms with Crippen molar-refractivity contribution >= 4 is 23.2 Å². The Morgan fingerprint density at radius 3 is 2.52 bits per heavy atom. The zero-order chi connectivity index (χ0) is 19.2. The maximum absolute atomic E-state index is 14.0. The minimum atomic E-state index is -0.591. The van der Waals surface area contributed by atoms with Crippen molar-refractivity contribution < 1.29 is 18.4 Å². The van der Waals surface area contributed by atoms with Gasteiger partial charge in [0.15, 0.2) is 0 Å². The van der Waals surface area contributed by atoms with E-state index in [1.807, 2.05) is 30.3 Å². The number of carbonyl (C=O) groups is 2. The lowest BCUT2D eigenvalue weighted by molar-refractivity contribution is -0.116. The van der Waals surface area contributed by atoms with Gasteiger partial charge in [0.2, 0.25) is 5.91 Å². The van der Waals surface area contributed by atoms with Crippen LogP contribution in [0.3, 0.4) is 0 Å². The predicted molar refractivity (Wildman–Crippen MR) is 101 cm³/mol. The molecule has 138 valence electrons. The van der Waals surface area contributed by atoms with Crippen LogP contribution < -0.4 is 10.6 Å². The summed E-state index contributed by atoms with van der Waals surface area (Å²) in [5, 5.41) is 5.22. The number of aryl methyl sites for hydroxylation is 2. The highest BCUT2D eigenvalue weighted by Gasteiger charge is 2.14. The van der Waals surface area contributed by atoms with E-state index in [9.17, 15) is 14.0 Å². The summed E-state index contributed by atoms with van der Waals surface area (Å²) < 4.78 is 19.1. The smallest absolute Gasteiger partial charge is 0.259 e. The molecule has 1 heterocycles. The monoisotopic (exact) mass is 366 g/mol. The first-order valence-electron chi connectivity index (χ1n) is 8.51. The van der Waals surface area contributed by atoms with Gasteiger partial charge in [0.05, 0.1) is 17.5 Å². The van der Waals surface area contributed by atoms with Gasteiger partial charge in [0.1, 0.15) is 11.6 Å². The second kappa shape index (κ2) is 8.31. The van der Waals surface area contributed by atoms with E-state index in [0.717, 1.165) is 5.56 Å². The number of amides is 2. The summed E-state index contributed by atoms with van der Waals surface area (Å²) >= 11 is 0. The molecule has 0 unspecified atom stereocenters. The molecular formula is C21H19FN2O3. The average Bonchev–Trinajstić information content (AvgIpc) is 3.10. The van der Waals surface area contributed by atoms with E-state index in [-0.39, 0.29) is 11.6 Å². The van der Waals surface area contributed by atoms with Gasteiger partial charge in [-0.2, -0.15) is 0 Å². The van der Waals surface area contributed by atoms with Crippen molar-refractivity contribution in [2.24, 2.45) is 0 Å². The summed E-state index contributed by atoms with van der Waals surface area (Å²) in [6.45, 7) is 1.65. The molecule has 2 amide bonds. The Labute approximate surface area is 156 Å². The standard InChI is InChI=1S/C21H19FN2O3/c1-14-17(11-12-27-14)21(26)24-19-13-16(8-9-18(19)22)23-20(25)10-7-15-5-3-2-4-6-15/h2-6,8-9,11-13H,7,10H2,1H3,(H,23,25)(H,24,26). The van der Waals surface area contributed by atoms with Crippen molar-refractivity contribution in [2.45, 2.75) is 19.8 Å². The molecule has 1 aromatic heterocycles. The molecule has 0 aliphatic rings. The highest BCUT2D eigenvalue weighted by Crippen LogP contribution is 2.21. The summed E-state index contributed by atoms with van der Waals surface area (Å²) in [7, 11) is 0. The third-order valence-corrected chi connectivity index (χ3v) is 4.09. The van der Waals surface area contributed by atoms with Gasteiger partial charge >= 0.3 is 0 Å². The number of hydrogen-bond acceptors (Lipinski definition) is 3. The van der Waals surface area contributed by atoms with Crippen molar-refractivity contribution in [3.05, 3.63) is 83.6 Å². The first-order valence-corrected chi connectivity index (χ1v) is 8.51. The lowest BCUT2D eigenvalue weighted by Crippen LogP contribution is -2.15. The molecule has 0 radical (unpaired) electrons. The van der Waals surface area contributed by atoms with Gasteiger partial charge in [0, 0.05) is 12.1 Å². The van der Waals surface area contributed by atoms with Crippen LogP contribution >= 0.6 is 0 Å². The summed E-state index contributed by atoms with van der Waals surface area (Å²) in [6.07, 6.45) is 2.30. The molecule has 0 atom stereocenters. The average molecular weight is 366 g/mol. The van der Waals surface area contributed by atoms with Crippen molar-refractivity contribution in [1.82, 2.24) is 0 Å². The molecule has 0 aliphatic carbocycles. The molecular weight excluding hydrogens is 347 g/mol. The number of benzene rings is 2. The van der Waals surface area contributed by atoms with Crippen LogP contribution in [-0.2, 0) is 11.2 Å². The molecule has 0 saturated carbocycles. The summed E-state index contributed by atoms with van der Waals surface area (Å²) in [4.78, 5) is 24.3. The fraction of sp³-hybridized carbons (Fsp3) is 0.143. The second-order valence-electron chi connectivity index (χ2n) is 6.07. The van der Waals surface area contributed by atoms with E-state index in [1.54, 1.807) is 6.92 Å². The molecule has 0 aliphatic heterocycles. The van der Waals surface area contributed by atoms with E-state index in [4.69, 9.17) is 4.42 Å². The first kappa shape index (κ1) is 18.4. The van der Waals surface area contributed by atoms with Crippen molar-refractivity contribution in [2.75, 3.05) is 10.6 Å². The van der Waals surface area contributed by atoms with Crippen molar-refractivity contribution in [3.63, 3.8) is 0 Å². The Balaban J connectivity index is 1.63. The quantitative estimate of drug-likeness (QED) is 0.672. The van der Waals surface area contributed by atoms with Gasteiger partial charge in [0.25, 0.3) is 5.91 Å². The number of carbonyl (C=O) groups excluding carboxylic acids is 2. The fourth-order valence-electron chi connectivity index (χ4n) is 2.64. The van der Waals surface area contributed by atoms with Gasteiger partial charge in [-0.15, -0.1) is 0 Å². The fourth-order valence-corrected chi connectivity index (χ4v) is 2.64. The van der Waals surface area contributed by atoms with Crippen LogP contribution in [0, 0.1) is 12.7 Å². The largest absolute Gasteiger partial charge is 0.469 e. The number of halogens is 1. The number of furan rings is 1. The Kier molecular flexibility index (Phi) is 5.66. The van der Waals surface area contributed by atoms with Gasteiger partial charge in [-0.05, 0) is 43.2 Å². The van der Waals surface area contributed by atoms with Crippen LogP contribution in [0.15, 0.2) is 65.3 Å². The first-order chi connectivity index (χ1) is 13.0. The van der Waals surface area contributed by atoms with Crippen LogP contribution in [0.1, 0.15) is 28.1 Å². The highest BCUT2D eigenvalue weighted by atomic mass is 19.1. The maximum atomic E-state index is 14.0. The van der Waals surface area contributed by atoms with Gasteiger partial charge < -0.3 is 15.1 Å². The van der Waals surface area contributed by atoms with Crippen LogP contribution in [0.5, 0.6) is 0 Å². The van der Waals surface area contributed by atoms with Crippen molar-refractivity contribution in [1.29, 1.82) is 0 Å². The summed E-state index contributed by atoms with van der Waals surface area (Å²) in [5.41, 5.74) is 1.79. The van der Waals surface area contributed by atoms with Crippen LogP contribution in [-0.4, -0.2) is 11.8 Å². The number of rotatable bonds is 6. The SMILES string of the molecule is Cc1occc1C(=O)Nc1cc(NC(=O)CCc2ccccc2)ccc1F. The number of hydrogen-bond donors (Lipinski definition) is 2. The minimum absolute atomic E-state index is 0.0125. The lowest BCUT2D eigenvalue weighted by Gasteiger charge is -2.10. The molecule has 0 spiro atoms. The molecule has 0 fully saturated rings. The van der Waals surface area contributed by atoms with E-state index in [2.05, 4.69) is 10.6 Å². The minimum Gasteiger partial charge on any atom is -0.469 e. The summed E-state index contributed by atoms with van der Waals surface area (Å²) in [6, 6.07) is 15.2. The molecule has 6 heteroatoms. The number of nitrogens with one attached hydrogen (secondary N) is 2. The topological polar surface area (TPSA) is 71.3 Å². The number of anilines is 2. The zero-order valence-electron chi connectivity index (χ0n) is 14.8. The Bertz CT molecular complexity index is 951. The second-order valence-corrected chi connectivity index (χ2v) is 6.07. The highest BCUT2D eigenvalue weighted by molar-refractivity contribution is 6.05. The molecule has 5 nitrogen and oxygen atoms in total. The van der Waals surface area contributed by atoms with Crippen LogP contribution in [0.4, 0.5) is 15.8 Å². The Morgan fingerprint density at radius 2 is 1.81 bits per heavy atom. The van der Waals surface area contributed by atoms with Gasteiger partial charge in [-0.3, -0.25) is 9.59 Å². The normalized spacial score (nSPS) is 10.4. The maximum Gasteiger partial charge on any atom is 0.259 e. The molecule has 3 rings (SSSR count). The van der Waals surface area contributed by atoms with E-state index < -0.39 is 11.7 Å². The van der Waals surface area contributed by atoms with Crippen LogP contribution in [0.25, 0.3) is 0 Å². The molecule has 0 bridgehead atoms. The van der Waals surface area contributed by atoms with E-state index in [1.165, 1.54) is 30.5 Å². The Hall–Kier alpha value is -3.41. The Morgan fingerprint density at radius 1 is 1.04 bits per heavy atom. The van der Waals surface area contributed by atoms with E-state index >= 15 is 0 Å². The van der Waals surface area contributed by atoms with Crippen LogP contribution in [0.2, 0.25) is 0 Å². The molecule has 2 N–H and O–H groups in total. The van der Waals surface area contributed by atoms with Gasteiger partial charge in [-0.1, -0.05) is 30.3 Å². The van der Waals surface area contributed by atoms with Gasteiger partial charge in [-0.25, -0.2) is 4.39 Å². The molecule has 2 aromatic carbocycles. The lowest BCUT2D eigenvalue weighted by atomic mass is 10.1. The molecule has 27 heavy (non-hydrogen) atoms. The molecule has 0 saturated heterocycles. The van der Waals surface area contributed by atoms with Crippen molar-refractivity contribution in [3.8, 4) is 0 Å². The third-order valence-electron chi connectivity index (χ3n) is 4.09. The van der Waals surface area contributed by atoms with E-state index in [0.29, 0.717) is 29.9 Å².